The number of carbonyl (C=O) groups is 1. The predicted molar refractivity (Wildman–Crippen MR) is 125 cm³/mol. The smallest absolute Gasteiger partial charge is 0.303 e. The highest BCUT2D eigenvalue weighted by atomic mass is 35.5. The molecule has 1 aliphatic rings. The molecule has 0 spiro atoms. The highest BCUT2D eigenvalue weighted by Crippen LogP contribution is 2.29. The Morgan fingerprint density at radius 2 is 2.09 bits per heavy atom. The molecular weight excluding hydrogens is 456 g/mol. The number of likely N-dealkylation sites (N-methyl/N-ethyl adjacent to an activating group) is 1. The summed E-state index contributed by atoms with van der Waals surface area (Å²) < 4.78 is 28.4. The normalized spacial score (nSPS) is 16.6. The average Bonchev–Trinajstić information content (AvgIpc) is 3.39. The molecule has 4 N–H and O–H groups in total. The Morgan fingerprint density at radius 1 is 1.31 bits per heavy atom. The number of H-pyrrole nitrogens is 2. The van der Waals surface area contributed by atoms with Crippen LogP contribution >= 0.6 is 12.4 Å². The van der Waals surface area contributed by atoms with Crippen molar-refractivity contribution in [1.29, 1.82) is 0 Å². The minimum atomic E-state index is -3.72. The standard InChI is InChI=1S/C21H26N4O5S.ClH/c1-2-25(14-8-9-22-12-14)31(29,30)15-6-7-17-16(10-15)19-13(4-3-5-18(26)27)11-23-20(19)21(28)24-17;/h6-7,10-11,14,22-23H,2-5,8-9,12H2,1H3,(H,24,28)(H,26,27);1H/t14-;/m0./s1. The lowest BCUT2D eigenvalue weighted by molar-refractivity contribution is -0.137. The summed E-state index contributed by atoms with van der Waals surface area (Å²) in [6, 6.07) is 4.68. The van der Waals surface area contributed by atoms with Gasteiger partial charge in [-0.15, -0.1) is 12.4 Å². The van der Waals surface area contributed by atoms with Crippen LogP contribution in [-0.4, -0.2) is 59.4 Å². The fourth-order valence-electron chi connectivity index (χ4n) is 4.41. The molecule has 0 bridgehead atoms. The highest BCUT2D eigenvalue weighted by molar-refractivity contribution is 7.89. The van der Waals surface area contributed by atoms with E-state index in [-0.39, 0.29) is 35.3 Å². The molecule has 3 aromatic rings. The molecule has 1 fully saturated rings. The molecule has 9 nitrogen and oxygen atoms in total. The lowest BCUT2D eigenvalue weighted by Crippen LogP contribution is -2.41. The van der Waals surface area contributed by atoms with Crippen LogP contribution in [0.5, 0.6) is 0 Å². The first-order chi connectivity index (χ1) is 14.8. The molecular formula is C21H27ClN4O5S. The fourth-order valence-corrected chi connectivity index (χ4v) is 6.10. The predicted octanol–water partition coefficient (Wildman–Crippen LogP) is 2.21. The van der Waals surface area contributed by atoms with Gasteiger partial charge in [-0.3, -0.25) is 9.59 Å². The number of aliphatic carboxylic acids is 1. The summed E-state index contributed by atoms with van der Waals surface area (Å²) in [4.78, 5) is 29.3. The number of halogens is 1. The van der Waals surface area contributed by atoms with Gasteiger partial charge < -0.3 is 20.4 Å². The van der Waals surface area contributed by atoms with Gasteiger partial charge in [0.2, 0.25) is 10.0 Å². The van der Waals surface area contributed by atoms with Gasteiger partial charge >= 0.3 is 5.97 Å². The van der Waals surface area contributed by atoms with Crippen LogP contribution in [0.3, 0.4) is 0 Å². The third-order valence-corrected chi connectivity index (χ3v) is 7.92. The van der Waals surface area contributed by atoms with E-state index in [0.717, 1.165) is 18.5 Å². The van der Waals surface area contributed by atoms with Crippen molar-refractivity contribution in [3.05, 3.63) is 40.3 Å². The van der Waals surface area contributed by atoms with E-state index in [2.05, 4.69) is 15.3 Å². The largest absolute Gasteiger partial charge is 0.481 e. The van der Waals surface area contributed by atoms with Gasteiger partial charge in [-0.1, -0.05) is 6.92 Å². The lowest BCUT2D eigenvalue weighted by atomic mass is 10.0. The maximum absolute atomic E-state index is 13.4. The SMILES string of the molecule is CCN([C@H]1CCNC1)S(=O)(=O)c1ccc2[nH]c(=O)c3[nH]cc(CCCC(=O)O)c3c2c1.Cl. The third kappa shape index (κ3) is 4.40. The molecule has 2 aromatic heterocycles. The average molecular weight is 483 g/mol. The highest BCUT2D eigenvalue weighted by Gasteiger charge is 2.32. The van der Waals surface area contributed by atoms with Crippen LogP contribution in [0.15, 0.2) is 34.1 Å². The Kier molecular flexibility index (Phi) is 7.29. The number of benzene rings is 1. The summed E-state index contributed by atoms with van der Waals surface area (Å²) in [5.74, 6) is -0.878. The molecule has 11 heteroatoms. The van der Waals surface area contributed by atoms with Crippen LogP contribution in [0.2, 0.25) is 0 Å². The Balaban J connectivity index is 0.00000289. The molecule has 174 valence electrons. The number of sulfonamides is 1. The van der Waals surface area contributed by atoms with Crippen molar-refractivity contribution in [2.75, 3.05) is 19.6 Å². The number of hydrogen-bond donors (Lipinski definition) is 4. The molecule has 3 heterocycles. The fraction of sp³-hybridized carbons (Fsp3) is 0.429. The number of carboxylic acid groups (broad SMARTS) is 1. The minimum Gasteiger partial charge on any atom is -0.481 e. The van der Waals surface area contributed by atoms with E-state index < -0.39 is 16.0 Å². The molecule has 4 rings (SSSR count). The molecule has 0 amide bonds. The number of fused-ring (bicyclic) bond motifs is 3. The second-order valence-electron chi connectivity index (χ2n) is 7.83. The van der Waals surface area contributed by atoms with Gasteiger partial charge in [-0.05, 0) is 49.6 Å². The van der Waals surface area contributed by atoms with Gasteiger partial charge in [-0.25, -0.2) is 8.42 Å². The molecule has 1 atom stereocenters. The lowest BCUT2D eigenvalue weighted by Gasteiger charge is -2.26. The topological polar surface area (TPSA) is 135 Å². The molecule has 0 radical (unpaired) electrons. The van der Waals surface area contributed by atoms with Gasteiger partial charge in [-0.2, -0.15) is 4.31 Å². The quantitative estimate of drug-likeness (QED) is 0.388. The van der Waals surface area contributed by atoms with Crippen LogP contribution in [0.25, 0.3) is 21.8 Å². The molecule has 0 saturated carbocycles. The van der Waals surface area contributed by atoms with Gasteiger partial charge in [0.1, 0.15) is 5.52 Å². The van der Waals surface area contributed by atoms with Crippen molar-refractivity contribution in [3.63, 3.8) is 0 Å². The van der Waals surface area contributed by atoms with E-state index in [4.69, 9.17) is 5.11 Å². The number of carboxylic acids is 1. The van der Waals surface area contributed by atoms with E-state index >= 15 is 0 Å². The molecule has 1 aliphatic heterocycles. The summed E-state index contributed by atoms with van der Waals surface area (Å²) in [5, 5.41) is 13.4. The Labute approximate surface area is 191 Å². The Hall–Kier alpha value is -2.40. The van der Waals surface area contributed by atoms with Gasteiger partial charge in [0.25, 0.3) is 5.56 Å². The second kappa shape index (κ2) is 9.62. The first-order valence-corrected chi connectivity index (χ1v) is 11.9. The summed E-state index contributed by atoms with van der Waals surface area (Å²) in [7, 11) is -3.72. The molecule has 1 saturated heterocycles. The van der Waals surface area contributed by atoms with Crippen molar-refractivity contribution in [1.82, 2.24) is 19.6 Å². The van der Waals surface area contributed by atoms with E-state index in [1.54, 1.807) is 18.3 Å². The zero-order chi connectivity index (χ0) is 22.2. The van der Waals surface area contributed by atoms with E-state index in [0.29, 0.717) is 47.7 Å². The van der Waals surface area contributed by atoms with Gasteiger partial charge in [0.05, 0.1) is 4.90 Å². The minimum absolute atomic E-state index is 0. The number of rotatable bonds is 8. The summed E-state index contributed by atoms with van der Waals surface area (Å²) in [6.45, 7) is 3.63. The molecule has 0 aliphatic carbocycles. The maximum atomic E-state index is 13.4. The summed E-state index contributed by atoms with van der Waals surface area (Å²) in [6.07, 6.45) is 3.38. The molecule has 32 heavy (non-hydrogen) atoms. The Morgan fingerprint density at radius 3 is 2.75 bits per heavy atom. The molecule has 1 aromatic carbocycles. The van der Waals surface area contributed by atoms with Crippen molar-refractivity contribution in [2.24, 2.45) is 0 Å². The summed E-state index contributed by atoms with van der Waals surface area (Å²) in [5.41, 5.74) is 1.41. The first-order valence-electron chi connectivity index (χ1n) is 10.4. The van der Waals surface area contributed by atoms with Crippen LogP contribution in [0.4, 0.5) is 0 Å². The molecule has 0 unspecified atom stereocenters. The van der Waals surface area contributed by atoms with Crippen LogP contribution in [0, 0.1) is 0 Å². The summed E-state index contributed by atoms with van der Waals surface area (Å²) >= 11 is 0. The van der Waals surface area contributed by atoms with Crippen LogP contribution in [-0.2, 0) is 21.2 Å². The number of nitrogens with one attached hydrogen (secondary N) is 3. The van der Waals surface area contributed by atoms with Crippen molar-refractivity contribution in [3.8, 4) is 0 Å². The van der Waals surface area contributed by atoms with E-state index in [1.165, 1.54) is 10.4 Å². The number of nitrogens with zero attached hydrogens (tertiary/aromatic N) is 1. The van der Waals surface area contributed by atoms with E-state index in [1.807, 2.05) is 6.92 Å². The Bertz CT molecular complexity index is 1290. The zero-order valence-electron chi connectivity index (χ0n) is 17.7. The van der Waals surface area contributed by atoms with Gasteiger partial charge in [0.15, 0.2) is 0 Å². The van der Waals surface area contributed by atoms with Crippen molar-refractivity contribution >= 4 is 50.2 Å². The van der Waals surface area contributed by atoms with Crippen LogP contribution in [0.1, 0.15) is 31.7 Å². The van der Waals surface area contributed by atoms with Crippen molar-refractivity contribution < 1.29 is 18.3 Å². The number of aromatic nitrogens is 2. The van der Waals surface area contributed by atoms with E-state index in [9.17, 15) is 18.0 Å². The van der Waals surface area contributed by atoms with Crippen LogP contribution < -0.4 is 10.9 Å². The van der Waals surface area contributed by atoms with Gasteiger partial charge in [0, 0.05) is 48.0 Å². The number of aryl methyl sites for hydroxylation is 1. The first kappa shape index (κ1) is 24.2. The monoisotopic (exact) mass is 482 g/mol. The maximum Gasteiger partial charge on any atom is 0.303 e. The number of aromatic amines is 2. The van der Waals surface area contributed by atoms with Crippen molar-refractivity contribution in [2.45, 2.75) is 43.5 Å². The second-order valence-corrected chi connectivity index (χ2v) is 9.72. The number of pyridine rings is 1. The zero-order valence-corrected chi connectivity index (χ0v) is 19.3. The third-order valence-electron chi connectivity index (χ3n) is 5.89. The number of hydrogen-bond acceptors (Lipinski definition) is 5.